The first-order chi connectivity index (χ1) is 16.8. The van der Waals surface area contributed by atoms with Crippen molar-refractivity contribution in [2.75, 3.05) is 32.7 Å². The summed E-state index contributed by atoms with van der Waals surface area (Å²) in [6.45, 7) is 4.16. The number of nitrogens with zero attached hydrogens (tertiary/aromatic N) is 2. The largest absolute Gasteiger partial charge is 0.367 e. The van der Waals surface area contributed by atoms with Gasteiger partial charge in [0.15, 0.2) is 0 Å². The fourth-order valence-corrected chi connectivity index (χ4v) is 4.27. The highest BCUT2D eigenvalue weighted by molar-refractivity contribution is 6.30. The van der Waals surface area contributed by atoms with Crippen LogP contribution in [-0.2, 0) is 11.3 Å². The van der Waals surface area contributed by atoms with Crippen molar-refractivity contribution in [1.29, 1.82) is 0 Å². The van der Waals surface area contributed by atoms with Crippen LogP contribution in [0.5, 0.6) is 0 Å². The number of hydrogen-bond donors (Lipinski definition) is 0. The number of carbonyl (C=O) groups is 1. The molecule has 0 unspecified atom stereocenters. The van der Waals surface area contributed by atoms with E-state index in [9.17, 15) is 18.0 Å². The summed E-state index contributed by atoms with van der Waals surface area (Å²) in [4.78, 5) is 16.8. The van der Waals surface area contributed by atoms with Gasteiger partial charge in [0.25, 0.3) is 5.91 Å². The van der Waals surface area contributed by atoms with Gasteiger partial charge in [0.2, 0.25) is 0 Å². The first kappa shape index (κ1) is 25.2. The Hall–Kier alpha value is -2.87. The molecule has 1 aliphatic rings. The lowest BCUT2D eigenvalue weighted by atomic mass is 10.1. The molecule has 0 spiro atoms. The Labute approximate surface area is 207 Å². The molecule has 4 rings (SSSR count). The van der Waals surface area contributed by atoms with Gasteiger partial charge in [-0.15, -0.1) is 0 Å². The lowest BCUT2D eigenvalue weighted by Crippen LogP contribution is -2.49. The van der Waals surface area contributed by atoms with Crippen LogP contribution in [0.2, 0.25) is 5.02 Å². The van der Waals surface area contributed by atoms with E-state index in [-0.39, 0.29) is 18.1 Å². The van der Waals surface area contributed by atoms with Gasteiger partial charge in [-0.25, -0.2) is 13.2 Å². The van der Waals surface area contributed by atoms with Crippen LogP contribution in [0.15, 0.2) is 60.7 Å². The topological polar surface area (TPSA) is 32.8 Å². The Kier molecular flexibility index (Phi) is 8.11. The number of rotatable bonds is 7. The highest BCUT2D eigenvalue weighted by Gasteiger charge is 2.26. The van der Waals surface area contributed by atoms with Crippen LogP contribution in [0.1, 0.15) is 33.2 Å². The molecule has 0 radical (unpaired) electrons. The number of ether oxygens (including phenoxy) is 1. The van der Waals surface area contributed by atoms with E-state index in [1.165, 1.54) is 30.3 Å². The second kappa shape index (κ2) is 11.2. The Morgan fingerprint density at radius 3 is 2.29 bits per heavy atom. The summed E-state index contributed by atoms with van der Waals surface area (Å²) in [7, 11) is 0. The van der Waals surface area contributed by atoms with E-state index in [2.05, 4.69) is 4.90 Å². The van der Waals surface area contributed by atoms with Gasteiger partial charge in [-0.05, 0) is 54.4 Å². The van der Waals surface area contributed by atoms with Crippen LogP contribution >= 0.6 is 11.6 Å². The molecule has 3 aromatic carbocycles. The van der Waals surface area contributed by atoms with Gasteiger partial charge in [-0.1, -0.05) is 35.9 Å². The summed E-state index contributed by atoms with van der Waals surface area (Å²) >= 11 is 6.03. The highest BCUT2D eigenvalue weighted by atomic mass is 35.5. The zero-order chi connectivity index (χ0) is 24.9. The maximum atomic E-state index is 14.1. The van der Waals surface area contributed by atoms with Crippen LogP contribution in [0.4, 0.5) is 13.2 Å². The minimum absolute atomic E-state index is 0.118. The summed E-state index contributed by atoms with van der Waals surface area (Å²) in [5.41, 5.74) is 1.82. The predicted octanol–water partition coefficient (Wildman–Crippen LogP) is 5.78. The van der Waals surface area contributed by atoms with E-state index in [0.29, 0.717) is 43.3 Å². The summed E-state index contributed by atoms with van der Waals surface area (Å²) in [5.74, 6) is -1.94. The fourth-order valence-electron chi connectivity index (χ4n) is 4.15. The molecule has 184 valence electrons. The molecule has 4 nitrogen and oxygen atoms in total. The van der Waals surface area contributed by atoms with Crippen LogP contribution in [0, 0.1) is 24.4 Å². The van der Waals surface area contributed by atoms with E-state index in [0.717, 1.165) is 11.1 Å². The molecule has 0 aromatic heterocycles. The van der Waals surface area contributed by atoms with Gasteiger partial charge in [0.1, 0.15) is 17.5 Å². The van der Waals surface area contributed by atoms with Gasteiger partial charge < -0.3 is 9.64 Å². The zero-order valence-corrected chi connectivity index (χ0v) is 20.1. The van der Waals surface area contributed by atoms with E-state index in [1.807, 2.05) is 12.1 Å². The summed E-state index contributed by atoms with van der Waals surface area (Å²) in [5, 5.41) is 0.576. The molecular weight excluding hydrogens is 477 g/mol. The van der Waals surface area contributed by atoms with E-state index in [1.54, 1.807) is 30.0 Å². The maximum Gasteiger partial charge on any atom is 0.254 e. The number of halogens is 4. The standard InChI is InChI=1S/C27H26ClF3N2O2/c1-18-5-10-21(29)15-22(18)27(34)33-13-11-32(12-14-33)16-26(19-6-8-20(28)9-7-19)35-17-23-24(30)3-2-4-25(23)31/h2-10,15,26H,11-14,16-17H2,1H3/t26-/m0/s1. The first-order valence-corrected chi connectivity index (χ1v) is 11.8. The summed E-state index contributed by atoms with van der Waals surface area (Å²) in [6, 6.07) is 15.1. The Morgan fingerprint density at radius 2 is 1.63 bits per heavy atom. The van der Waals surface area contributed by atoms with E-state index >= 15 is 0 Å². The normalized spacial score (nSPS) is 15.3. The van der Waals surface area contributed by atoms with Crippen molar-refractivity contribution in [2.45, 2.75) is 19.6 Å². The van der Waals surface area contributed by atoms with Gasteiger partial charge in [0.05, 0.1) is 12.7 Å². The molecule has 1 atom stereocenters. The van der Waals surface area contributed by atoms with E-state index in [4.69, 9.17) is 16.3 Å². The molecule has 1 saturated heterocycles. The molecule has 1 amide bonds. The number of carbonyl (C=O) groups excluding carboxylic acids is 1. The minimum atomic E-state index is -0.653. The molecular formula is C27H26ClF3N2O2. The number of amides is 1. The second-order valence-corrected chi connectivity index (χ2v) is 9.04. The third-order valence-corrected chi connectivity index (χ3v) is 6.50. The number of piperazine rings is 1. The second-order valence-electron chi connectivity index (χ2n) is 8.60. The van der Waals surface area contributed by atoms with Crippen molar-refractivity contribution in [2.24, 2.45) is 0 Å². The van der Waals surface area contributed by atoms with Crippen molar-refractivity contribution in [3.63, 3.8) is 0 Å². The monoisotopic (exact) mass is 502 g/mol. The molecule has 0 saturated carbocycles. The third-order valence-electron chi connectivity index (χ3n) is 6.25. The van der Waals surface area contributed by atoms with Gasteiger partial charge >= 0.3 is 0 Å². The molecule has 8 heteroatoms. The lowest BCUT2D eigenvalue weighted by molar-refractivity contribution is 0.00144. The van der Waals surface area contributed by atoms with Gasteiger partial charge in [-0.3, -0.25) is 9.69 Å². The third kappa shape index (κ3) is 6.23. The summed E-state index contributed by atoms with van der Waals surface area (Å²) in [6.07, 6.45) is -0.459. The first-order valence-electron chi connectivity index (χ1n) is 11.4. The van der Waals surface area contributed by atoms with Crippen LogP contribution < -0.4 is 0 Å². The summed E-state index contributed by atoms with van der Waals surface area (Å²) < 4.78 is 47.9. The van der Waals surface area contributed by atoms with E-state index < -0.39 is 23.6 Å². The zero-order valence-electron chi connectivity index (χ0n) is 19.3. The van der Waals surface area contributed by atoms with Crippen LogP contribution in [-0.4, -0.2) is 48.4 Å². The minimum Gasteiger partial charge on any atom is -0.367 e. The Bertz CT molecular complexity index is 1160. The number of benzene rings is 3. The van der Waals surface area contributed by atoms with Crippen LogP contribution in [0.25, 0.3) is 0 Å². The average Bonchev–Trinajstić information content (AvgIpc) is 2.85. The van der Waals surface area contributed by atoms with Crippen molar-refractivity contribution >= 4 is 17.5 Å². The van der Waals surface area contributed by atoms with Gasteiger partial charge in [-0.2, -0.15) is 0 Å². The lowest BCUT2D eigenvalue weighted by Gasteiger charge is -2.36. The van der Waals surface area contributed by atoms with Crippen molar-refractivity contribution in [3.8, 4) is 0 Å². The smallest absolute Gasteiger partial charge is 0.254 e. The van der Waals surface area contributed by atoms with Crippen molar-refractivity contribution < 1.29 is 22.7 Å². The quantitative estimate of drug-likeness (QED) is 0.410. The Balaban J connectivity index is 1.42. The molecule has 1 heterocycles. The van der Waals surface area contributed by atoms with Crippen LogP contribution in [0.3, 0.4) is 0 Å². The Morgan fingerprint density at radius 1 is 0.971 bits per heavy atom. The molecule has 35 heavy (non-hydrogen) atoms. The number of aryl methyl sites for hydroxylation is 1. The SMILES string of the molecule is Cc1ccc(F)cc1C(=O)N1CCN(C[C@H](OCc2c(F)cccc2F)c2ccc(Cl)cc2)CC1. The molecule has 3 aromatic rings. The number of hydrogen-bond acceptors (Lipinski definition) is 3. The van der Waals surface area contributed by atoms with Crippen molar-refractivity contribution in [3.05, 3.63) is 105 Å². The molecule has 0 N–H and O–H groups in total. The van der Waals surface area contributed by atoms with Crippen molar-refractivity contribution in [1.82, 2.24) is 9.80 Å². The van der Waals surface area contributed by atoms with Gasteiger partial charge in [0, 0.05) is 48.9 Å². The maximum absolute atomic E-state index is 14.1. The average molecular weight is 503 g/mol. The molecule has 1 fully saturated rings. The highest BCUT2D eigenvalue weighted by Crippen LogP contribution is 2.25. The molecule has 0 aliphatic carbocycles. The molecule has 1 aliphatic heterocycles. The molecule has 0 bridgehead atoms. The predicted molar refractivity (Wildman–Crippen MR) is 129 cm³/mol. The fraction of sp³-hybridized carbons (Fsp3) is 0.296.